The van der Waals surface area contributed by atoms with Crippen LogP contribution in [0.15, 0.2) is 48.7 Å². The third-order valence-corrected chi connectivity index (χ3v) is 5.49. The van der Waals surface area contributed by atoms with Gasteiger partial charge in [0, 0.05) is 24.1 Å². The lowest BCUT2D eigenvalue weighted by Crippen LogP contribution is -2.12. The van der Waals surface area contributed by atoms with E-state index in [0.29, 0.717) is 33.4 Å². The minimum atomic E-state index is -0.409. The standard InChI is InChI=1S/C19H14Cl2FN5S/c1-27(15-4-2-12(21)9-13(15)22)17-5-3-14-18(26-17)28-19(24-14)25-16-8-11(10-20)6-7-23-16/h2-9H,10H2,1H3,(H,23,24,25). The number of anilines is 4. The van der Waals surface area contributed by atoms with Crippen molar-refractivity contribution in [2.45, 2.75) is 5.88 Å². The van der Waals surface area contributed by atoms with Gasteiger partial charge in [0.2, 0.25) is 0 Å². The molecule has 0 fully saturated rings. The lowest BCUT2D eigenvalue weighted by molar-refractivity contribution is 0.627. The number of hydrogen-bond acceptors (Lipinski definition) is 6. The van der Waals surface area contributed by atoms with Crippen LogP contribution in [0.1, 0.15) is 5.56 Å². The van der Waals surface area contributed by atoms with Gasteiger partial charge in [0.15, 0.2) is 5.13 Å². The molecule has 0 unspecified atom stereocenters. The summed E-state index contributed by atoms with van der Waals surface area (Å²) >= 11 is 13.1. The maximum Gasteiger partial charge on any atom is 0.190 e. The molecule has 3 heterocycles. The Morgan fingerprint density at radius 1 is 1.14 bits per heavy atom. The van der Waals surface area contributed by atoms with Gasteiger partial charge in [-0.1, -0.05) is 22.9 Å². The van der Waals surface area contributed by atoms with Crippen molar-refractivity contribution in [2.24, 2.45) is 0 Å². The second-order valence-electron chi connectivity index (χ2n) is 5.98. The predicted octanol–water partition coefficient (Wildman–Crippen LogP) is 6.13. The minimum Gasteiger partial charge on any atom is -0.327 e. The van der Waals surface area contributed by atoms with Crippen molar-refractivity contribution < 1.29 is 4.39 Å². The van der Waals surface area contributed by atoms with Gasteiger partial charge in [-0.2, -0.15) is 0 Å². The highest BCUT2D eigenvalue weighted by molar-refractivity contribution is 7.21. The number of nitrogens with one attached hydrogen (secondary N) is 1. The quantitative estimate of drug-likeness (QED) is 0.383. The Kier molecular flexibility index (Phi) is 5.30. The van der Waals surface area contributed by atoms with E-state index < -0.39 is 5.82 Å². The van der Waals surface area contributed by atoms with Gasteiger partial charge in [0.05, 0.1) is 5.69 Å². The zero-order valence-electron chi connectivity index (χ0n) is 14.7. The van der Waals surface area contributed by atoms with Crippen LogP contribution in [0.2, 0.25) is 5.02 Å². The van der Waals surface area contributed by atoms with E-state index in [1.807, 2.05) is 18.2 Å². The summed E-state index contributed by atoms with van der Waals surface area (Å²) in [4.78, 5) is 15.8. The molecule has 0 aliphatic heterocycles. The molecule has 0 amide bonds. The molecule has 0 bridgehead atoms. The Morgan fingerprint density at radius 3 is 2.79 bits per heavy atom. The fraction of sp³-hybridized carbons (Fsp3) is 0.105. The molecule has 0 radical (unpaired) electrons. The van der Waals surface area contributed by atoms with Crippen LogP contribution in [0, 0.1) is 5.82 Å². The van der Waals surface area contributed by atoms with Crippen LogP contribution < -0.4 is 10.2 Å². The highest BCUT2D eigenvalue weighted by Crippen LogP contribution is 2.31. The molecule has 142 valence electrons. The second-order valence-corrected chi connectivity index (χ2v) is 7.66. The molecule has 0 aliphatic carbocycles. The van der Waals surface area contributed by atoms with Crippen molar-refractivity contribution in [1.82, 2.24) is 15.0 Å². The molecule has 4 aromatic rings. The summed E-state index contributed by atoms with van der Waals surface area (Å²) in [6.45, 7) is 0. The van der Waals surface area contributed by atoms with Crippen LogP contribution in [-0.2, 0) is 5.88 Å². The lowest BCUT2D eigenvalue weighted by Gasteiger charge is -2.18. The first kappa shape index (κ1) is 18.9. The van der Waals surface area contributed by atoms with E-state index in [1.54, 1.807) is 36.3 Å². The molecular formula is C19H14Cl2FN5S. The number of aromatic nitrogens is 3. The zero-order chi connectivity index (χ0) is 19.7. The minimum absolute atomic E-state index is 0.350. The molecule has 0 aliphatic rings. The average molecular weight is 434 g/mol. The van der Waals surface area contributed by atoms with Gasteiger partial charge in [-0.05, 0) is 48.0 Å². The number of thiazole rings is 1. The Labute approximate surface area is 174 Å². The van der Waals surface area contributed by atoms with Gasteiger partial charge >= 0.3 is 0 Å². The number of alkyl halides is 1. The summed E-state index contributed by atoms with van der Waals surface area (Å²) in [5, 5.41) is 4.19. The Morgan fingerprint density at radius 2 is 2.00 bits per heavy atom. The lowest BCUT2D eigenvalue weighted by atomic mass is 10.2. The molecule has 0 atom stereocenters. The first-order valence-electron chi connectivity index (χ1n) is 8.28. The van der Waals surface area contributed by atoms with Gasteiger partial charge in [-0.3, -0.25) is 0 Å². The van der Waals surface area contributed by atoms with Crippen molar-refractivity contribution in [3.05, 3.63) is 65.1 Å². The summed E-state index contributed by atoms with van der Waals surface area (Å²) in [5.41, 5.74) is 2.10. The Hall–Kier alpha value is -2.48. The molecule has 3 aromatic heterocycles. The van der Waals surface area contributed by atoms with Gasteiger partial charge in [0.25, 0.3) is 0 Å². The SMILES string of the molecule is CN(c1ccc2nc(Nc3cc(CCl)ccn3)sc2n1)c1ccc(Cl)cc1F. The summed E-state index contributed by atoms with van der Waals surface area (Å²) in [7, 11) is 1.75. The summed E-state index contributed by atoms with van der Waals surface area (Å²) in [6.07, 6.45) is 1.69. The van der Waals surface area contributed by atoms with Gasteiger partial charge in [0.1, 0.15) is 27.8 Å². The molecule has 0 saturated heterocycles. The molecule has 0 saturated carbocycles. The third-order valence-electron chi connectivity index (χ3n) is 4.07. The predicted molar refractivity (Wildman–Crippen MR) is 114 cm³/mol. The van der Waals surface area contributed by atoms with Crippen LogP contribution in [-0.4, -0.2) is 22.0 Å². The summed E-state index contributed by atoms with van der Waals surface area (Å²) in [6, 6.07) is 11.9. The smallest absolute Gasteiger partial charge is 0.190 e. The highest BCUT2D eigenvalue weighted by atomic mass is 35.5. The third kappa shape index (κ3) is 3.87. The maximum atomic E-state index is 14.2. The second kappa shape index (κ2) is 7.87. The van der Waals surface area contributed by atoms with Gasteiger partial charge in [-0.25, -0.2) is 19.3 Å². The van der Waals surface area contributed by atoms with Gasteiger partial charge < -0.3 is 10.2 Å². The van der Waals surface area contributed by atoms with E-state index in [9.17, 15) is 4.39 Å². The monoisotopic (exact) mass is 433 g/mol. The van der Waals surface area contributed by atoms with Crippen molar-refractivity contribution in [3.63, 3.8) is 0 Å². The molecular weight excluding hydrogens is 420 g/mol. The molecule has 1 N–H and O–H groups in total. The van der Waals surface area contributed by atoms with E-state index in [2.05, 4.69) is 20.3 Å². The molecule has 9 heteroatoms. The average Bonchev–Trinajstić information content (AvgIpc) is 3.09. The number of fused-ring (bicyclic) bond motifs is 1. The fourth-order valence-corrected chi connectivity index (χ4v) is 3.82. The molecule has 5 nitrogen and oxygen atoms in total. The number of rotatable bonds is 5. The largest absolute Gasteiger partial charge is 0.327 e. The molecule has 1 aromatic carbocycles. The van der Waals surface area contributed by atoms with Crippen molar-refractivity contribution in [2.75, 3.05) is 17.3 Å². The molecule has 4 rings (SSSR count). The number of nitrogens with zero attached hydrogens (tertiary/aromatic N) is 4. The fourth-order valence-electron chi connectivity index (χ4n) is 2.66. The normalized spacial score (nSPS) is 11.0. The first-order valence-corrected chi connectivity index (χ1v) is 10.0. The number of benzene rings is 1. The van der Waals surface area contributed by atoms with Crippen LogP contribution in [0.25, 0.3) is 10.3 Å². The van der Waals surface area contributed by atoms with E-state index in [4.69, 9.17) is 23.2 Å². The Bertz CT molecular complexity index is 1150. The number of pyridine rings is 2. The molecule has 28 heavy (non-hydrogen) atoms. The Balaban J connectivity index is 1.62. The highest BCUT2D eigenvalue weighted by Gasteiger charge is 2.13. The van der Waals surface area contributed by atoms with Crippen LogP contribution >= 0.6 is 34.5 Å². The van der Waals surface area contributed by atoms with E-state index >= 15 is 0 Å². The number of halogens is 3. The van der Waals surface area contributed by atoms with Crippen molar-refractivity contribution in [3.8, 4) is 0 Å². The summed E-state index contributed by atoms with van der Waals surface area (Å²) in [5.74, 6) is 1.27. The van der Waals surface area contributed by atoms with Gasteiger partial charge in [-0.15, -0.1) is 11.6 Å². The van der Waals surface area contributed by atoms with Crippen LogP contribution in [0.5, 0.6) is 0 Å². The summed E-state index contributed by atoms with van der Waals surface area (Å²) < 4.78 is 14.2. The van der Waals surface area contributed by atoms with Crippen molar-refractivity contribution >= 4 is 67.3 Å². The van der Waals surface area contributed by atoms with E-state index in [-0.39, 0.29) is 0 Å². The van der Waals surface area contributed by atoms with E-state index in [0.717, 1.165) is 15.9 Å². The molecule has 0 spiro atoms. The topological polar surface area (TPSA) is 53.9 Å². The van der Waals surface area contributed by atoms with Crippen molar-refractivity contribution in [1.29, 1.82) is 0 Å². The maximum absolute atomic E-state index is 14.2. The number of hydrogen-bond donors (Lipinski definition) is 1. The zero-order valence-corrected chi connectivity index (χ0v) is 17.0. The van der Waals surface area contributed by atoms with Crippen LogP contribution in [0.3, 0.4) is 0 Å². The first-order chi connectivity index (χ1) is 13.5. The van der Waals surface area contributed by atoms with E-state index in [1.165, 1.54) is 17.4 Å². The van der Waals surface area contributed by atoms with Crippen LogP contribution in [0.4, 0.5) is 26.8 Å².